The Kier molecular flexibility index (Phi) is 6.87. The first-order valence-electron chi connectivity index (χ1n) is 13.8. The molecule has 0 bridgehead atoms. The van der Waals surface area contributed by atoms with Gasteiger partial charge in [-0.15, -0.1) is 0 Å². The summed E-state index contributed by atoms with van der Waals surface area (Å²) in [6, 6.07) is 0. The normalized spacial score (nSPS) is 44.5. The molecule has 0 aromatic rings. The van der Waals surface area contributed by atoms with Gasteiger partial charge in [-0.2, -0.15) is 0 Å². The zero-order valence-corrected chi connectivity index (χ0v) is 21.6. The number of ketones is 1. The number of carbonyl (C=O) groups excluding carboxylic acids is 2. The van der Waals surface area contributed by atoms with Crippen molar-refractivity contribution in [2.24, 2.45) is 52.3 Å². The van der Waals surface area contributed by atoms with Crippen molar-refractivity contribution in [3.05, 3.63) is 0 Å². The molecular weight excluding hydrogens is 396 g/mol. The number of ether oxygens (including phenoxy) is 1. The van der Waals surface area contributed by atoms with Crippen LogP contribution in [0.1, 0.15) is 112 Å². The molecule has 3 heteroatoms. The number of Topliss-reactive ketones (excluding diaryl/α,β-unsaturated/α-hetero) is 1. The summed E-state index contributed by atoms with van der Waals surface area (Å²) >= 11 is 0. The van der Waals surface area contributed by atoms with Gasteiger partial charge in [-0.1, -0.05) is 53.9 Å². The van der Waals surface area contributed by atoms with Crippen molar-refractivity contribution >= 4 is 11.8 Å². The molecule has 0 aliphatic heterocycles. The molecule has 4 fully saturated rings. The summed E-state index contributed by atoms with van der Waals surface area (Å²) in [6.07, 6.45) is 13.0. The number of esters is 1. The first kappa shape index (κ1) is 24.3. The van der Waals surface area contributed by atoms with E-state index in [-0.39, 0.29) is 17.2 Å². The number of hydrogen-bond acceptors (Lipinski definition) is 3. The molecule has 0 unspecified atom stereocenters. The number of rotatable bonds is 6. The molecule has 32 heavy (non-hydrogen) atoms. The van der Waals surface area contributed by atoms with Gasteiger partial charge in [-0.05, 0) is 97.2 Å². The molecule has 0 aromatic heterocycles. The SMILES string of the molecule is CC(=O)O[C@@H]1C[C@@]2(C)[C@@H](CC[C@@H]3[C@@H]2CC[C@]2(C)[C@@H]([C@H](C)CCCC(C)C)CC[C@@H]32)CC1=O. The highest BCUT2D eigenvalue weighted by atomic mass is 16.5. The van der Waals surface area contributed by atoms with Crippen molar-refractivity contribution in [1.29, 1.82) is 0 Å². The average molecular weight is 445 g/mol. The Hall–Kier alpha value is -0.860. The van der Waals surface area contributed by atoms with Crippen LogP contribution in [0.5, 0.6) is 0 Å². The lowest BCUT2D eigenvalue weighted by Crippen LogP contribution is -2.56. The fraction of sp³-hybridized carbons (Fsp3) is 0.931. The molecule has 4 aliphatic rings. The molecule has 0 saturated heterocycles. The average Bonchev–Trinajstić information content (AvgIpc) is 3.05. The van der Waals surface area contributed by atoms with E-state index in [9.17, 15) is 9.59 Å². The maximum absolute atomic E-state index is 12.7. The molecule has 4 aliphatic carbocycles. The van der Waals surface area contributed by atoms with Gasteiger partial charge in [0.15, 0.2) is 11.9 Å². The lowest BCUT2D eigenvalue weighted by Gasteiger charge is -2.61. The van der Waals surface area contributed by atoms with Crippen molar-refractivity contribution in [2.45, 2.75) is 118 Å². The molecule has 9 atom stereocenters. The molecule has 0 heterocycles. The molecule has 3 nitrogen and oxygen atoms in total. The highest BCUT2D eigenvalue weighted by Gasteiger charge is 2.61. The molecule has 4 saturated carbocycles. The molecule has 0 radical (unpaired) electrons. The van der Waals surface area contributed by atoms with Gasteiger partial charge in [0.2, 0.25) is 0 Å². The van der Waals surface area contributed by atoms with Crippen LogP contribution in [-0.4, -0.2) is 17.9 Å². The number of fused-ring (bicyclic) bond motifs is 5. The fourth-order valence-corrected chi connectivity index (χ4v) is 9.41. The van der Waals surface area contributed by atoms with Crippen LogP contribution >= 0.6 is 0 Å². The van der Waals surface area contributed by atoms with Gasteiger partial charge < -0.3 is 4.74 Å². The van der Waals surface area contributed by atoms with Crippen molar-refractivity contribution in [3.63, 3.8) is 0 Å². The topological polar surface area (TPSA) is 43.4 Å². The highest BCUT2D eigenvalue weighted by molar-refractivity contribution is 5.86. The predicted molar refractivity (Wildman–Crippen MR) is 129 cm³/mol. The van der Waals surface area contributed by atoms with Crippen LogP contribution in [0.2, 0.25) is 0 Å². The smallest absolute Gasteiger partial charge is 0.303 e. The minimum atomic E-state index is -0.502. The summed E-state index contributed by atoms with van der Waals surface area (Å²) in [7, 11) is 0. The Morgan fingerprint density at radius 3 is 2.41 bits per heavy atom. The van der Waals surface area contributed by atoms with Crippen LogP contribution in [0.4, 0.5) is 0 Å². The number of carbonyl (C=O) groups is 2. The van der Waals surface area contributed by atoms with E-state index in [4.69, 9.17) is 4.74 Å². The molecule has 0 spiro atoms. The van der Waals surface area contributed by atoms with Gasteiger partial charge in [-0.3, -0.25) is 9.59 Å². The third kappa shape index (κ3) is 4.20. The summed E-state index contributed by atoms with van der Waals surface area (Å²) in [5.41, 5.74) is 0.653. The minimum Gasteiger partial charge on any atom is -0.455 e. The third-order valence-electron chi connectivity index (χ3n) is 11.0. The number of hydrogen-bond donors (Lipinski definition) is 0. The summed E-state index contributed by atoms with van der Waals surface area (Å²) in [5, 5.41) is 0. The fourth-order valence-electron chi connectivity index (χ4n) is 9.41. The van der Waals surface area contributed by atoms with E-state index in [1.54, 1.807) is 0 Å². The summed E-state index contributed by atoms with van der Waals surface area (Å²) in [5.74, 6) is 5.23. The second kappa shape index (κ2) is 9.06. The van der Waals surface area contributed by atoms with E-state index in [1.165, 1.54) is 64.7 Å². The summed E-state index contributed by atoms with van der Waals surface area (Å²) < 4.78 is 5.52. The Labute approximate surface area is 196 Å². The quantitative estimate of drug-likeness (QED) is 0.406. The minimum absolute atomic E-state index is 0.152. The Bertz CT molecular complexity index is 713. The standard InChI is InChI=1S/C29H48O3/c1-18(2)8-7-9-19(3)23-12-13-24-22-11-10-21-16-26(31)27(32-20(4)30)17-29(21,6)25(22)14-15-28(23,24)5/h18-19,21-25,27H,7-17H2,1-6H3/t19-,21+,22+,23-,24+,25+,27-,28-,29+/m1/s1. The summed E-state index contributed by atoms with van der Waals surface area (Å²) in [6.45, 7) is 13.8. The van der Waals surface area contributed by atoms with Crippen LogP contribution < -0.4 is 0 Å². The van der Waals surface area contributed by atoms with E-state index in [0.29, 0.717) is 23.7 Å². The molecule has 0 amide bonds. The summed E-state index contributed by atoms with van der Waals surface area (Å²) in [4.78, 5) is 24.3. The zero-order chi connectivity index (χ0) is 23.3. The maximum atomic E-state index is 12.7. The molecule has 0 N–H and O–H groups in total. The predicted octanol–water partition coefficient (Wildman–Crippen LogP) is 7.22. The van der Waals surface area contributed by atoms with E-state index in [1.807, 2.05) is 0 Å². The maximum Gasteiger partial charge on any atom is 0.303 e. The van der Waals surface area contributed by atoms with Crippen molar-refractivity contribution in [3.8, 4) is 0 Å². The van der Waals surface area contributed by atoms with Gasteiger partial charge in [0.25, 0.3) is 0 Å². The lowest BCUT2D eigenvalue weighted by molar-refractivity contribution is -0.171. The van der Waals surface area contributed by atoms with Crippen LogP contribution in [0, 0.1) is 52.3 Å². The van der Waals surface area contributed by atoms with Crippen molar-refractivity contribution in [1.82, 2.24) is 0 Å². The second-order valence-electron chi connectivity index (χ2n) is 13.2. The monoisotopic (exact) mass is 444 g/mol. The largest absolute Gasteiger partial charge is 0.455 e. The highest BCUT2D eigenvalue weighted by Crippen LogP contribution is 2.68. The van der Waals surface area contributed by atoms with Gasteiger partial charge in [0.1, 0.15) is 0 Å². The van der Waals surface area contributed by atoms with Crippen LogP contribution in [0.25, 0.3) is 0 Å². The van der Waals surface area contributed by atoms with Crippen LogP contribution in [0.15, 0.2) is 0 Å². The van der Waals surface area contributed by atoms with Crippen LogP contribution in [-0.2, 0) is 14.3 Å². The Balaban J connectivity index is 1.49. The first-order valence-corrected chi connectivity index (χ1v) is 13.8. The van der Waals surface area contributed by atoms with Gasteiger partial charge in [0, 0.05) is 13.3 Å². The van der Waals surface area contributed by atoms with Crippen LogP contribution in [0.3, 0.4) is 0 Å². The molecule has 182 valence electrons. The van der Waals surface area contributed by atoms with Gasteiger partial charge in [0.05, 0.1) is 0 Å². The van der Waals surface area contributed by atoms with E-state index >= 15 is 0 Å². The Morgan fingerprint density at radius 2 is 1.72 bits per heavy atom. The lowest BCUT2D eigenvalue weighted by atomic mass is 9.44. The van der Waals surface area contributed by atoms with Gasteiger partial charge in [-0.25, -0.2) is 0 Å². The van der Waals surface area contributed by atoms with E-state index in [2.05, 4.69) is 34.6 Å². The van der Waals surface area contributed by atoms with E-state index in [0.717, 1.165) is 36.0 Å². The Morgan fingerprint density at radius 1 is 1.00 bits per heavy atom. The second-order valence-corrected chi connectivity index (χ2v) is 13.2. The van der Waals surface area contributed by atoms with Gasteiger partial charge >= 0.3 is 5.97 Å². The third-order valence-corrected chi connectivity index (χ3v) is 11.0. The van der Waals surface area contributed by atoms with Crippen molar-refractivity contribution < 1.29 is 14.3 Å². The zero-order valence-electron chi connectivity index (χ0n) is 21.6. The van der Waals surface area contributed by atoms with Crippen molar-refractivity contribution in [2.75, 3.05) is 0 Å². The molecule has 0 aromatic carbocycles. The molecular formula is C29H48O3. The van der Waals surface area contributed by atoms with E-state index < -0.39 is 6.10 Å². The first-order chi connectivity index (χ1) is 15.1. The molecule has 4 rings (SSSR count).